The first-order valence-corrected chi connectivity index (χ1v) is 12.1. The van der Waals surface area contributed by atoms with Crippen molar-refractivity contribution >= 4 is 50.5 Å². The SMILES string of the molecule is C#CC(=O)N(c1ccc(OC)c(Cl)c1)C(C(=O)NCCc1ccccc1)c1cc2ccccc2s1. The summed E-state index contributed by atoms with van der Waals surface area (Å²) in [5, 5.41) is 4.27. The third kappa shape index (κ3) is 5.48. The second-order valence-corrected chi connectivity index (χ2v) is 9.28. The predicted octanol–water partition coefficient (Wildman–Crippen LogP) is 5.63. The van der Waals surface area contributed by atoms with Gasteiger partial charge < -0.3 is 10.1 Å². The lowest BCUT2D eigenvalue weighted by Crippen LogP contribution is -2.43. The number of carbonyl (C=O) groups excluding carboxylic acids is 2. The van der Waals surface area contributed by atoms with Crippen molar-refractivity contribution in [2.24, 2.45) is 0 Å². The number of methoxy groups -OCH3 is 1. The van der Waals surface area contributed by atoms with Crippen LogP contribution in [0.3, 0.4) is 0 Å². The highest BCUT2D eigenvalue weighted by Gasteiger charge is 2.34. The fraction of sp³-hybridized carbons (Fsp3) is 0.143. The van der Waals surface area contributed by atoms with E-state index in [1.165, 1.54) is 23.3 Å². The van der Waals surface area contributed by atoms with Gasteiger partial charge in [-0.3, -0.25) is 14.5 Å². The minimum Gasteiger partial charge on any atom is -0.495 e. The Morgan fingerprint density at radius 2 is 1.83 bits per heavy atom. The highest BCUT2D eigenvalue weighted by molar-refractivity contribution is 7.19. The molecular weight excluding hydrogens is 480 g/mol. The first-order chi connectivity index (χ1) is 17.0. The molecule has 3 aromatic carbocycles. The Bertz CT molecular complexity index is 1360. The van der Waals surface area contributed by atoms with Gasteiger partial charge in [0.25, 0.3) is 0 Å². The maximum atomic E-state index is 13.6. The standard InChI is InChI=1S/C28H23ClN2O3S/c1-3-26(32)31(21-13-14-23(34-2)22(29)18-21)27(25-17-20-11-7-8-12-24(20)35-25)28(33)30-16-15-19-9-5-4-6-10-19/h1,4-14,17-18,27H,15-16H2,2H3,(H,30,33). The van der Waals surface area contributed by atoms with Gasteiger partial charge >= 0.3 is 5.91 Å². The predicted molar refractivity (Wildman–Crippen MR) is 142 cm³/mol. The number of benzene rings is 3. The molecule has 2 amide bonds. The number of carbonyl (C=O) groups is 2. The molecule has 35 heavy (non-hydrogen) atoms. The highest BCUT2D eigenvalue weighted by atomic mass is 35.5. The summed E-state index contributed by atoms with van der Waals surface area (Å²) < 4.78 is 6.25. The number of amides is 2. The molecule has 1 aromatic heterocycles. The minimum absolute atomic E-state index is 0.305. The summed E-state index contributed by atoms with van der Waals surface area (Å²) in [4.78, 5) is 28.7. The molecule has 0 radical (unpaired) electrons. The maximum absolute atomic E-state index is 13.6. The van der Waals surface area contributed by atoms with Gasteiger partial charge in [-0.1, -0.05) is 60.1 Å². The van der Waals surface area contributed by atoms with E-state index in [1.807, 2.05) is 60.7 Å². The van der Waals surface area contributed by atoms with Gasteiger partial charge in [-0.05, 0) is 53.6 Å². The van der Waals surface area contributed by atoms with Crippen LogP contribution in [0.4, 0.5) is 5.69 Å². The Morgan fingerprint density at radius 1 is 1.09 bits per heavy atom. The Kier molecular flexibility index (Phi) is 7.71. The van der Waals surface area contributed by atoms with E-state index in [0.29, 0.717) is 34.3 Å². The second kappa shape index (κ2) is 11.1. The number of anilines is 1. The van der Waals surface area contributed by atoms with Crippen molar-refractivity contribution in [2.45, 2.75) is 12.5 Å². The van der Waals surface area contributed by atoms with Crippen LogP contribution in [0.5, 0.6) is 5.75 Å². The van der Waals surface area contributed by atoms with Crippen molar-refractivity contribution in [3.05, 3.63) is 94.3 Å². The van der Waals surface area contributed by atoms with Gasteiger partial charge in [0.15, 0.2) is 6.04 Å². The maximum Gasteiger partial charge on any atom is 0.303 e. The molecule has 7 heteroatoms. The van der Waals surface area contributed by atoms with Gasteiger partial charge in [0.05, 0.1) is 12.1 Å². The molecule has 4 rings (SSSR count). The Labute approximate surface area is 213 Å². The van der Waals surface area contributed by atoms with Crippen LogP contribution in [-0.2, 0) is 16.0 Å². The third-order valence-corrected chi connectivity index (χ3v) is 7.00. The number of thiophene rings is 1. The molecule has 1 N–H and O–H groups in total. The van der Waals surface area contributed by atoms with Gasteiger partial charge in [-0.15, -0.1) is 17.8 Å². The number of fused-ring (bicyclic) bond motifs is 1. The number of rotatable bonds is 8. The zero-order valence-corrected chi connectivity index (χ0v) is 20.6. The van der Waals surface area contributed by atoms with Gasteiger partial charge in [-0.25, -0.2) is 0 Å². The topological polar surface area (TPSA) is 58.6 Å². The molecule has 0 saturated carbocycles. The Hall–Kier alpha value is -3.79. The summed E-state index contributed by atoms with van der Waals surface area (Å²) in [6, 6.07) is 23.5. The van der Waals surface area contributed by atoms with Crippen LogP contribution < -0.4 is 15.0 Å². The first-order valence-electron chi connectivity index (χ1n) is 10.9. The van der Waals surface area contributed by atoms with Crippen LogP contribution in [0.2, 0.25) is 5.02 Å². The van der Waals surface area contributed by atoms with Gasteiger partial charge in [0.2, 0.25) is 5.91 Å². The van der Waals surface area contributed by atoms with E-state index < -0.39 is 11.9 Å². The number of hydrogen-bond donors (Lipinski definition) is 1. The van der Waals surface area contributed by atoms with Crippen LogP contribution in [-0.4, -0.2) is 25.5 Å². The molecule has 0 saturated heterocycles. The molecule has 4 aromatic rings. The highest BCUT2D eigenvalue weighted by Crippen LogP contribution is 2.37. The van der Waals surface area contributed by atoms with Crippen molar-refractivity contribution in [1.29, 1.82) is 0 Å². The quantitative estimate of drug-likeness (QED) is 0.318. The number of halogens is 1. The van der Waals surface area contributed by atoms with E-state index in [1.54, 1.807) is 18.2 Å². The van der Waals surface area contributed by atoms with Crippen molar-refractivity contribution in [1.82, 2.24) is 5.32 Å². The van der Waals surface area contributed by atoms with Crippen molar-refractivity contribution in [3.8, 4) is 18.1 Å². The molecule has 0 aliphatic carbocycles. The summed E-state index contributed by atoms with van der Waals surface area (Å²) in [6.45, 7) is 0.408. The zero-order valence-electron chi connectivity index (χ0n) is 19.0. The fourth-order valence-electron chi connectivity index (χ4n) is 3.84. The molecule has 0 fully saturated rings. The van der Waals surface area contributed by atoms with Crippen LogP contribution in [0.15, 0.2) is 78.9 Å². The average molecular weight is 503 g/mol. The smallest absolute Gasteiger partial charge is 0.303 e. The van der Waals surface area contributed by atoms with Gasteiger partial charge in [0.1, 0.15) is 5.75 Å². The normalized spacial score (nSPS) is 11.5. The molecule has 0 spiro atoms. The lowest BCUT2D eigenvalue weighted by molar-refractivity contribution is -0.125. The molecule has 5 nitrogen and oxygen atoms in total. The van der Waals surface area contributed by atoms with E-state index in [-0.39, 0.29) is 5.91 Å². The van der Waals surface area contributed by atoms with Crippen molar-refractivity contribution in [2.75, 3.05) is 18.6 Å². The Morgan fingerprint density at radius 3 is 2.51 bits per heavy atom. The molecule has 1 heterocycles. The molecular formula is C28H23ClN2O3S. The number of ether oxygens (including phenoxy) is 1. The molecule has 0 aliphatic rings. The number of hydrogen-bond acceptors (Lipinski definition) is 4. The fourth-order valence-corrected chi connectivity index (χ4v) is 5.25. The number of nitrogens with zero attached hydrogens (tertiary/aromatic N) is 1. The van der Waals surface area contributed by atoms with Gasteiger partial charge in [-0.2, -0.15) is 0 Å². The largest absolute Gasteiger partial charge is 0.495 e. The third-order valence-electron chi connectivity index (χ3n) is 5.53. The summed E-state index contributed by atoms with van der Waals surface area (Å²) in [7, 11) is 1.51. The monoisotopic (exact) mass is 502 g/mol. The van der Waals surface area contributed by atoms with Crippen LogP contribution in [0.25, 0.3) is 10.1 Å². The van der Waals surface area contributed by atoms with Crippen LogP contribution in [0.1, 0.15) is 16.5 Å². The minimum atomic E-state index is -0.976. The van der Waals surface area contributed by atoms with Crippen LogP contribution in [0, 0.1) is 12.3 Å². The summed E-state index contributed by atoms with van der Waals surface area (Å²) in [5.74, 6) is 1.65. The number of nitrogens with one attached hydrogen (secondary N) is 1. The Balaban J connectivity index is 1.73. The van der Waals surface area contributed by atoms with Gasteiger partial charge in [0, 0.05) is 21.8 Å². The molecule has 1 atom stereocenters. The van der Waals surface area contributed by atoms with E-state index in [0.717, 1.165) is 15.6 Å². The van der Waals surface area contributed by atoms with E-state index in [4.69, 9.17) is 22.8 Å². The van der Waals surface area contributed by atoms with E-state index >= 15 is 0 Å². The van der Waals surface area contributed by atoms with E-state index in [9.17, 15) is 9.59 Å². The van der Waals surface area contributed by atoms with Crippen LogP contribution >= 0.6 is 22.9 Å². The summed E-state index contributed by atoms with van der Waals surface area (Å²) in [5.41, 5.74) is 1.50. The second-order valence-electron chi connectivity index (χ2n) is 7.75. The van der Waals surface area contributed by atoms with Crippen molar-refractivity contribution < 1.29 is 14.3 Å². The first kappa shape index (κ1) is 24.3. The summed E-state index contributed by atoms with van der Waals surface area (Å²) >= 11 is 7.80. The summed E-state index contributed by atoms with van der Waals surface area (Å²) in [6.07, 6.45) is 6.20. The molecule has 1 unspecified atom stereocenters. The molecule has 0 aliphatic heterocycles. The van der Waals surface area contributed by atoms with Crippen molar-refractivity contribution in [3.63, 3.8) is 0 Å². The van der Waals surface area contributed by atoms with E-state index in [2.05, 4.69) is 11.2 Å². The zero-order chi connectivity index (χ0) is 24.8. The number of terminal acetylenes is 1. The lowest BCUT2D eigenvalue weighted by atomic mass is 10.1. The lowest BCUT2D eigenvalue weighted by Gasteiger charge is -2.29. The molecule has 176 valence electrons. The molecule has 0 bridgehead atoms. The average Bonchev–Trinajstić information content (AvgIpc) is 3.31.